The average Bonchev–Trinajstić information content (AvgIpc) is 2.49. The molecule has 20 heavy (non-hydrogen) atoms. The minimum Gasteiger partial charge on any atom is -0.390 e. The summed E-state index contributed by atoms with van der Waals surface area (Å²) in [6.45, 7) is 3.77. The summed E-state index contributed by atoms with van der Waals surface area (Å²) in [5.74, 6) is 0. The lowest BCUT2D eigenvalue weighted by Crippen LogP contribution is -2.49. The Hall–Kier alpha value is -0.940. The van der Waals surface area contributed by atoms with Gasteiger partial charge in [-0.3, -0.25) is 5.43 Å². The zero-order valence-electron chi connectivity index (χ0n) is 13.0. The molecule has 1 unspecified atom stereocenters. The second-order valence-electron chi connectivity index (χ2n) is 5.18. The molecule has 0 saturated carbocycles. The molecule has 3 N–H and O–H groups in total. The lowest BCUT2D eigenvalue weighted by Gasteiger charge is -2.29. The fourth-order valence-corrected chi connectivity index (χ4v) is 2.29. The number of hydrazine groups is 1. The summed E-state index contributed by atoms with van der Waals surface area (Å²) in [5, 5.41) is 15.7. The van der Waals surface area contributed by atoms with Gasteiger partial charge in [0, 0.05) is 19.1 Å². The normalized spacial score (nSPS) is 14.4. The first-order valence-corrected chi connectivity index (χ1v) is 7.52. The van der Waals surface area contributed by atoms with Crippen molar-refractivity contribution >= 4 is 0 Å². The largest absolute Gasteiger partial charge is 0.390 e. The van der Waals surface area contributed by atoms with E-state index in [4.69, 9.17) is 0 Å². The number of unbranched alkanes of at least 4 members (excludes halogenated alkanes) is 1. The Bertz CT molecular complexity index is 345. The molecule has 4 nitrogen and oxygen atoms in total. The molecule has 0 aliphatic carbocycles. The molecule has 1 aromatic rings. The van der Waals surface area contributed by atoms with E-state index in [1.807, 2.05) is 32.3 Å². The molecule has 0 amide bonds. The molecule has 0 saturated heterocycles. The van der Waals surface area contributed by atoms with E-state index in [0.29, 0.717) is 6.54 Å². The van der Waals surface area contributed by atoms with Gasteiger partial charge in [-0.1, -0.05) is 43.7 Å². The van der Waals surface area contributed by atoms with Crippen molar-refractivity contribution in [1.29, 1.82) is 0 Å². The number of likely N-dealkylation sites (N-methyl/N-ethyl adjacent to an activating group) is 1. The van der Waals surface area contributed by atoms with Crippen LogP contribution in [-0.2, 0) is 6.42 Å². The van der Waals surface area contributed by atoms with Gasteiger partial charge in [0.15, 0.2) is 0 Å². The van der Waals surface area contributed by atoms with Crippen LogP contribution < -0.4 is 10.7 Å². The number of nitrogens with zero attached hydrogens (tertiary/aromatic N) is 1. The van der Waals surface area contributed by atoms with E-state index in [2.05, 4.69) is 34.8 Å². The van der Waals surface area contributed by atoms with Crippen LogP contribution in [0.25, 0.3) is 0 Å². The predicted octanol–water partition coefficient (Wildman–Crippen LogP) is 1.41. The molecule has 114 valence electrons. The number of nitrogens with one attached hydrogen (secondary N) is 2. The monoisotopic (exact) mass is 279 g/mol. The maximum Gasteiger partial charge on any atom is 0.0837 e. The fraction of sp³-hybridized carbons (Fsp3) is 0.625. The van der Waals surface area contributed by atoms with E-state index in [9.17, 15) is 5.11 Å². The number of aliphatic hydroxyl groups is 1. The van der Waals surface area contributed by atoms with Gasteiger partial charge in [0.2, 0.25) is 0 Å². The van der Waals surface area contributed by atoms with E-state index in [0.717, 1.165) is 25.8 Å². The van der Waals surface area contributed by atoms with E-state index >= 15 is 0 Å². The summed E-state index contributed by atoms with van der Waals surface area (Å²) in [5.41, 5.74) is 4.40. The summed E-state index contributed by atoms with van der Waals surface area (Å²) in [7, 11) is 3.82. The van der Waals surface area contributed by atoms with Crippen molar-refractivity contribution in [3.8, 4) is 0 Å². The second kappa shape index (κ2) is 9.88. The first-order chi connectivity index (χ1) is 9.71. The van der Waals surface area contributed by atoms with Crippen molar-refractivity contribution in [2.75, 3.05) is 27.2 Å². The minimum absolute atomic E-state index is 0.0647. The maximum absolute atomic E-state index is 10.4. The predicted molar refractivity (Wildman–Crippen MR) is 84.5 cm³/mol. The quantitative estimate of drug-likeness (QED) is 0.567. The molecule has 0 radical (unpaired) electrons. The molecule has 0 fully saturated rings. The van der Waals surface area contributed by atoms with Gasteiger partial charge >= 0.3 is 0 Å². The topological polar surface area (TPSA) is 47.5 Å². The zero-order valence-corrected chi connectivity index (χ0v) is 13.0. The van der Waals surface area contributed by atoms with Gasteiger partial charge in [0.05, 0.1) is 6.10 Å². The molecule has 1 rings (SSSR count). The van der Waals surface area contributed by atoms with Crippen LogP contribution in [0.3, 0.4) is 0 Å². The Labute approximate surface area is 123 Å². The fourth-order valence-electron chi connectivity index (χ4n) is 2.29. The van der Waals surface area contributed by atoms with Gasteiger partial charge in [-0.05, 0) is 32.5 Å². The molecular weight excluding hydrogens is 250 g/mol. The smallest absolute Gasteiger partial charge is 0.0837 e. The van der Waals surface area contributed by atoms with Crippen LogP contribution >= 0.6 is 0 Å². The van der Waals surface area contributed by atoms with Crippen molar-refractivity contribution in [2.45, 2.75) is 38.3 Å². The van der Waals surface area contributed by atoms with Crippen LogP contribution in [-0.4, -0.2) is 49.4 Å². The summed E-state index contributed by atoms with van der Waals surface area (Å²) < 4.78 is 0. The highest BCUT2D eigenvalue weighted by atomic mass is 16.3. The molecule has 0 spiro atoms. The Morgan fingerprint density at radius 3 is 2.45 bits per heavy atom. The first kappa shape index (κ1) is 17.1. The van der Waals surface area contributed by atoms with Crippen molar-refractivity contribution in [3.63, 3.8) is 0 Å². The van der Waals surface area contributed by atoms with Crippen LogP contribution in [0.2, 0.25) is 0 Å². The average molecular weight is 279 g/mol. The third kappa shape index (κ3) is 6.01. The Morgan fingerprint density at radius 1 is 1.20 bits per heavy atom. The molecule has 4 heteroatoms. The van der Waals surface area contributed by atoms with Gasteiger partial charge in [-0.2, -0.15) is 0 Å². The highest BCUT2D eigenvalue weighted by Gasteiger charge is 2.20. The molecule has 0 aliphatic heterocycles. The number of hydrogen-bond donors (Lipinski definition) is 3. The molecule has 0 aliphatic rings. The Kier molecular flexibility index (Phi) is 8.46. The number of rotatable bonds is 10. The maximum atomic E-state index is 10.4. The van der Waals surface area contributed by atoms with E-state index in [1.54, 1.807) is 0 Å². The van der Waals surface area contributed by atoms with Crippen molar-refractivity contribution in [2.24, 2.45) is 0 Å². The van der Waals surface area contributed by atoms with Gasteiger partial charge < -0.3 is 10.4 Å². The SMILES string of the molecule is CCCCN(C[C@H](O)C(Cc1ccccc1)NC)NC. The van der Waals surface area contributed by atoms with E-state index in [-0.39, 0.29) is 6.04 Å². The summed E-state index contributed by atoms with van der Waals surface area (Å²) in [6.07, 6.45) is 2.73. The summed E-state index contributed by atoms with van der Waals surface area (Å²) in [6, 6.07) is 10.4. The Balaban J connectivity index is 2.51. The molecule has 0 aromatic heterocycles. The number of benzene rings is 1. The molecule has 0 bridgehead atoms. The Morgan fingerprint density at radius 2 is 1.90 bits per heavy atom. The minimum atomic E-state index is -0.399. The molecule has 0 heterocycles. The third-order valence-corrected chi connectivity index (χ3v) is 3.64. The lowest BCUT2D eigenvalue weighted by atomic mass is 10.0. The van der Waals surface area contributed by atoms with Gasteiger partial charge in [-0.15, -0.1) is 0 Å². The van der Waals surface area contributed by atoms with Crippen LogP contribution in [0.4, 0.5) is 0 Å². The highest BCUT2D eigenvalue weighted by molar-refractivity contribution is 5.16. The molecule has 1 aromatic carbocycles. The van der Waals surface area contributed by atoms with Crippen LogP contribution in [0.1, 0.15) is 25.3 Å². The molecular formula is C16H29N3O. The zero-order chi connectivity index (χ0) is 14.8. The number of aliphatic hydroxyl groups excluding tert-OH is 1. The van der Waals surface area contributed by atoms with E-state index in [1.165, 1.54) is 5.56 Å². The molecule has 2 atom stereocenters. The van der Waals surface area contributed by atoms with Crippen molar-refractivity contribution in [1.82, 2.24) is 15.8 Å². The summed E-state index contributed by atoms with van der Waals surface area (Å²) >= 11 is 0. The first-order valence-electron chi connectivity index (χ1n) is 7.52. The van der Waals surface area contributed by atoms with Crippen LogP contribution in [0.15, 0.2) is 30.3 Å². The van der Waals surface area contributed by atoms with Crippen molar-refractivity contribution < 1.29 is 5.11 Å². The van der Waals surface area contributed by atoms with Crippen molar-refractivity contribution in [3.05, 3.63) is 35.9 Å². The van der Waals surface area contributed by atoms with Crippen LogP contribution in [0, 0.1) is 0 Å². The van der Waals surface area contributed by atoms with Gasteiger partial charge in [0.25, 0.3) is 0 Å². The lowest BCUT2D eigenvalue weighted by molar-refractivity contribution is 0.0620. The van der Waals surface area contributed by atoms with Crippen LogP contribution in [0.5, 0.6) is 0 Å². The van der Waals surface area contributed by atoms with E-state index < -0.39 is 6.10 Å². The number of hydrogen-bond acceptors (Lipinski definition) is 4. The summed E-state index contributed by atoms with van der Waals surface area (Å²) in [4.78, 5) is 0. The second-order valence-corrected chi connectivity index (χ2v) is 5.18. The van der Waals surface area contributed by atoms with Gasteiger partial charge in [0.1, 0.15) is 0 Å². The third-order valence-electron chi connectivity index (χ3n) is 3.64. The standard InChI is InChI=1S/C16H29N3O/c1-4-5-11-19(18-3)13-16(20)15(17-2)12-14-9-7-6-8-10-14/h6-10,15-18,20H,4-5,11-13H2,1-3H3/t15?,16-/m0/s1. The highest BCUT2D eigenvalue weighted by Crippen LogP contribution is 2.07. The van der Waals surface area contributed by atoms with Gasteiger partial charge in [-0.25, -0.2) is 5.01 Å².